The molecule has 0 aliphatic rings. The smallest absolute Gasteiger partial charge is 0.330 e. The predicted molar refractivity (Wildman–Crippen MR) is 70.6 cm³/mol. The van der Waals surface area contributed by atoms with E-state index in [-0.39, 0.29) is 11.8 Å². The Hall–Kier alpha value is -1.81. The second-order valence-corrected chi connectivity index (χ2v) is 4.30. The molecule has 18 heavy (non-hydrogen) atoms. The van der Waals surface area contributed by atoms with E-state index in [1.54, 1.807) is 0 Å². The molecule has 0 aliphatic heterocycles. The molecule has 0 aromatic heterocycles. The first-order valence-corrected chi connectivity index (χ1v) is 5.80. The summed E-state index contributed by atoms with van der Waals surface area (Å²) in [5.41, 5.74) is 0.207. The third-order valence-corrected chi connectivity index (χ3v) is 2.59. The molecule has 1 aromatic carbocycles. The molecule has 1 atom stereocenters. The Labute approximate surface area is 107 Å². The van der Waals surface area contributed by atoms with Crippen LogP contribution in [-0.2, 0) is 4.79 Å². The summed E-state index contributed by atoms with van der Waals surface area (Å²) in [5.74, 6) is -0.177. The summed E-state index contributed by atoms with van der Waals surface area (Å²) in [7, 11) is 3.80. The van der Waals surface area contributed by atoms with Gasteiger partial charge in [0.15, 0.2) is 6.23 Å². The van der Waals surface area contributed by atoms with Gasteiger partial charge in [-0.3, -0.25) is 4.90 Å². The van der Waals surface area contributed by atoms with Gasteiger partial charge in [0.2, 0.25) is 0 Å². The molecule has 98 valence electrons. The molecule has 1 N–H and O–H groups in total. The van der Waals surface area contributed by atoms with E-state index >= 15 is 0 Å². The first-order valence-electron chi connectivity index (χ1n) is 5.80. The zero-order chi connectivity index (χ0) is 13.5. The second-order valence-electron chi connectivity index (χ2n) is 4.30. The lowest BCUT2D eigenvalue weighted by Gasteiger charge is -2.25. The molecular formula is C14H19NO3. The predicted octanol–water partition coefficient (Wildman–Crippen LogP) is 2.37. The van der Waals surface area contributed by atoms with Gasteiger partial charge < -0.3 is 9.84 Å². The van der Waals surface area contributed by atoms with Crippen molar-refractivity contribution in [1.29, 1.82) is 0 Å². The van der Waals surface area contributed by atoms with E-state index in [1.807, 2.05) is 49.3 Å². The van der Waals surface area contributed by atoms with Crippen molar-refractivity contribution in [3.05, 3.63) is 42.5 Å². The molecule has 0 amide bonds. The van der Waals surface area contributed by atoms with Gasteiger partial charge in [0.1, 0.15) is 5.75 Å². The normalized spacial score (nSPS) is 12.2. The van der Waals surface area contributed by atoms with E-state index in [2.05, 4.69) is 6.58 Å². The average Bonchev–Trinajstić information content (AvgIpc) is 2.34. The van der Waals surface area contributed by atoms with Crippen molar-refractivity contribution in [2.24, 2.45) is 0 Å². The minimum absolute atomic E-state index is 0.163. The minimum Gasteiger partial charge on any atom is -0.478 e. The topological polar surface area (TPSA) is 49.8 Å². The highest BCUT2D eigenvalue weighted by molar-refractivity contribution is 5.85. The summed E-state index contributed by atoms with van der Waals surface area (Å²) >= 11 is 0. The molecule has 0 saturated heterocycles. The quantitative estimate of drug-likeness (QED) is 0.595. The fourth-order valence-electron chi connectivity index (χ4n) is 1.48. The molecular weight excluding hydrogens is 230 g/mol. The largest absolute Gasteiger partial charge is 0.478 e. The second kappa shape index (κ2) is 6.81. The van der Waals surface area contributed by atoms with Gasteiger partial charge in [-0.2, -0.15) is 0 Å². The Morgan fingerprint density at radius 2 is 2.00 bits per heavy atom. The molecule has 4 nitrogen and oxygen atoms in total. The molecule has 1 aromatic rings. The van der Waals surface area contributed by atoms with Crippen LogP contribution in [0.4, 0.5) is 0 Å². The molecule has 0 bridgehead atoms. The average molecular weight is 249 g/mol. The van der Waals surface area contributed by atoms with Crippen molar-refractivity contribution in [2.75, 3.05) is 14.1 Å². The number of aliphatic carboxylic acids is 1. The Kier molecular flexibility index (Phi) is 5.39. The monoisotopic (exact) mass is 249 g/mol. The van der Waals surface area contributed by atoms with Crippen LogP contribution < -0.4 is 4.74 Å². The summed E-state index contributed by atoms with van der Waals surface area (Å²) in [5, 5.41) is 8.77. The van der Waals surface area contributed by atoms with Crippen LogP contribution in [0.15, 0.2) is 42.5 Å². The molecule has 0 spiro atoms. The van der Waals surface area contributed by atoms with Gasteiger partial charge >= 0.3 is 5.97 Å². The fourth-order valence-corrected chi connectivity index (χ4v) is 1.48. The van der Waals surface area contributed by atoms with Crippen LogP contribution >= 0.6 is 0 Å². The molecule has 0 saturated carbocycles. The number of carboxylic acids is 1. The third kappa shape index (κ3) is 4.59. The van der Waals surface area contributed by atoms with E-state index in [4.69, 9.17) is 9.84 Å². The van der Waals surface area contributed by atoms with Crippen LogP contribution in [-0.4, -0.2) is 36.3 Å². The molecule has 4 heteroatoms. The maximum Gasteiger partial charge on any atom is 0.330 e. The zero-order valence-corrected chi connectivity index (χ0v) is 10.8. The van der Waals surface area contributed by atoms with Crippen LogP contribution in [0.5, 0.6) is 5.75 Å². The molecule has 1 unspecified atom stereocenters. The fraction of sp³-hybridized carbons (Fsp3) is 0.357. The highest BCUT2D eigenvalue weighted by Gasteiger charge is 2.15. The van der Waals surface area contributed by atoms with E-state index in [0.29, 0.717) is 12.8 Å². The van der Waals surface area contributed by atoms with Gasteiger partial charge in [-0.05, 0) is 32.6 Å². The highest BCUT2D eigenvalue weighted by atomic mass is 16.5. The van der Waals surface area contributed by atoms with Gasteiger partial charge in [0.05, 0.1) is 0 Å². The minimum atomic E-state index is -0.952. The maximum absolute atomic E-state index is 10.7. The maximum atomic E-state index is 10.7. The lowest BCUT2D eigenvalue weighted by Crippen LogP contribution is -2.33. The van der Waals surface area contributed by atoms with Crippen LogP contribution in [0, 0.1) is 0 Å². The van der Waals surface area contributed by atoms with E-state index < -0.39 is 5.97 Å². The van der Waals surface area contributed by atoms with Crippen LogP contribution in [0.25, 0.3) is 0 Å². The van der Waals surface area contributed by atoms with E-state index in [9.17, 15) is 4.79 Å². The number of hydrogen-bond donors (Lipinski definition) is 1. The van der Waals surface area contributed by atoms with Gasteiger partial charge in [-0.25, -0.2) is 4.79 Å². The van der Waals surface area contributed by atoms with Crippen molar-refractivity contribution in [2.45, 2.75) is 19.1 Å². The number of para-hydroxylation sites is 1. The number of carbonyl (C=O) groups is 1. The summed E-state index contributed by atoms with van der Waals surface area (Å²) in [6, 6.07) is 9.48. The van der Waals surface area contributed by atoms with Gasteiger partial charge in [-0.1, -0.05) is 24.8 Å². The third-order valence-electron chi connectivity index (χ3n) is 2.59. The molecule has 0 heterocycles. The Morgan fingerprint density at radius 3 is 2.50 bits per heavy atom. The van der Waals surface area contributed by atoms with Crippen molar-refractivity contribution in [3.63, 3.8) is 0 Å². The van der Waals surface area contributed by atoms with E-state index in [0.717, 1.165) is 5.75 Å². The van der Waals surface area contributed by atoms with Gasteiger partial charge in [-0.15, -0.1) is 0 Å². The summed E-state index contributed by atoms with van der Waals surface area (Å²) in [4.78, 5) is 12.6. The number of nitrogens with zero attached hydrogens (tertiary/aromatic N) is 1. The highest BCUT2D eigenvalue weighted by Crippen LogP contribution is 2.16. The van der Waals surface area contributed by atoms with Crippen molar-refractivity contribution in [3.8, 4) is 5.75 Å². The van der Waals surface area contributed by atoms with Crippen LogP contribution in [0.1, 0.15) is 12.8 Å². The van der Waals surface area contributed by atoms with E-state index in [1.165, 1.54) is 0 Å². The number of benzene rings is 1. The molecule has 0 radical (unpaired) electrons. The van der Waals surface area contributed by atoms with Crippen molar-refractivity contribution < 1.29 is 14.6 Å². The van der Waals surface area contributed by atoms with Crippen molar-refractivity contribution >= 4 is 5.97 Å². The first-order chi connectivity index (χ1) is 8.50. The standard InChI is InChI=1S/C14H19NO3/c1-11(14(16)17)9-10-13(15(2)3)18-12-7-5-4-6-8-12/h4-8,13H,1,9-10H2,2-3H3,(H,16,17). The number of hydrogen-bond acceptors (Lipinski definition) is 3. The summed E-state index contributed by atoms with van der Waals surface area (Å²) in [6.07, 6.45) is 0.835. The Morgan fingerprint density at radius 1 is 1.39 bits per heavy atom. The lowest BCUT2D eigenvalue weighted by molar-refractivity contribution is -0.132. The van der Waals surface area contributed by atoms with Gasteiger partial charge in [0, 0.05) is 12.0 Å². The molecule has 0 fully saturated rings. The Bertz CT molecular complexity index is 401. The van der Waals surface area contributed by atoms with Crippen molar-refractivity contribution in [1.82, 2.24) is 4.90 Å². The Balaban J connectivity index is 2.56. The molecule has 0 aliphatic carbocycles. The summed E-state index contributed by atoms with van der Waals surface area (Å²) in [6.45, 7) is 3.52. The SMILES string of the molecule is C=C(CCC(Oc1ccccc1)N(C)C)C(=O)O. The number of rotatable bonds is 7. The van der Waals surface area contributed by atoms with Gasteiger partial charge in [0.25, 0.3) is 0 Å². The lowest BCUT2D eigenvalue weighted by atomic mass is 10.1. The van der Waals surface area contributed by atoms with Crippen LogP contribution in [0.3, 0.4) is 0 Å². The number of carboxylic acid groups (broad SMARTS) is 1. The zero-order valence-electron chi connectivity index (χ0n) is 10.8. The summed E-state index contributed by atoms with van der Waals surface area (Å²) < 4.78 is 5.80. The molecule has 1 rings (SSSR count). The first kappa shape index (κ1) is 14.3. The number of ether oxygens (including phenoxy) is 1. The van der Waals surface area contributed by atoms with Crippen LogP contribution in [0.2, 0.25) is 0 Å².